The van der Waals surface area contributed by atoms with Crippen molar-refractivity contribution in [2.75, 3.05) is 22.7 Å². The third kappa shape index (κ3) is 7.68. The summed E-state index contributed by atoms with van der Waals surface area (Å²) >= 11 is 0. The average molecular weight is 584 g/mol. The van der Waals surface area contributed by atoms with Gasteiger partial charge in [0.25, 0.3) is 10.0 Å². The Balaban J connectivity index is 2.01. The van der Waals surface area contributed by atoms with Crippen LogP contribution in [0.5, 0.6) is 5.75 Å². The van der Waals surface area contributed by atoms with E-state index >= 15 is 0 Å². The minimum atomic E-state index is -4.82. The van der Waals surface area contributed by atoms with Gasteiger partial charge in [0.2, 0.25) is 0 Å². The number of nitrogens with one attached hydrogen (secondary N) is 2. The van der Waals surface area contributed by atoms with E-state index in [1.807, 2.05) is 0 Å². The number of hydrogen-bond acceptors (Lipinski definition) is 6. The Bertz CT molecular complexity index is 1310. The van der Waals surface area contributed by atoms with Crippen LogP contribution in [0.1, 0.15) is 33.3 Å². The Morgan fingerprint density at radius 3 is 2.36 bits per heavy atom. The second kappa shape index (κ2) is 10.8. The van der Waals surface area contributed by atoms with E-state index in [1.54, 1.807) is 20.8 Å². The summed E-state index contributed by atoms with van der Waals surface area (Å²) < 4.78 is 118. The molecule has 0 aliphatic carbocycles. The van der Waals surface area contributed by atoms with Gasteiger partial charge in [-0.25, -0.2) is 13.2 Å². The van der Waals surface area contributed by atoms with Crippen molar-refractivity contribution in [3.8, 4) is 5.75 Å². The SMILES string of the molecule is CC(NCC1CN(S(=O)(=O)c2cccc(C(F)(F)F)c2)c2cc(NC(=O)OC(C)(C)C)ccc2O1)C(F)(F)F. The standard InChI is InChI=1S/C24H27F6N3O5S/c1-14(23(25,26)27)31-12-17-13-33(39(35,36)18-7-5-6-15(10-18)24(28,29)30)19-11-16(8-9-20(19)37-17)32-21(34)38-22(2,3)4/h5-11,14,17,31H,12-13H2,1-4H3,(H,32,34). The lowest BCUT2D eigenvalue weighted by Crippen LogP contribution is -2.50. The molecule has 0 aromatic heterocycles. The third-order valence-electron chi connectivity index (χ3n) is 5.43. The van der Waals surface area contributed by atoms with Crippen LogP contribution in [0.2, 0.25) is 0 Å². The molecule has 1 amide bonds. The molecule has 0 saturated carbocycles. The van der Waals surface area contributed by atoms with E-state index in [9.17, 15) is 39.6 Å². The van der Waals surface area contributed by atoms with Crippen molar-refractivity contribution in [3.05, 3.63) is 48.0 Å². The molecule has 216 valence electrons. The summed E-state index contributed by atoms with van der Waals surface area (Å²) in [5, 5.41) is 4.66. The molecule has 2 aromatic carbocycles. The summed E-state index contributed by atoms with van der Waals surface area (Å²) in [7, 11) is -4.67. The van der Waals surface area contributed by atoms with Gasteiger partial charge in [0.1, 0.15) is 23.5 Å². The largest absolute Gasteiger partial charge is 0.485 e. The molecule has 0 saturated heterocycles. The zero-order chi connectivity index (χ0) is 29.4. The monoisotopic (exact) mass is 583 g/mol. The van der Waals surface area contributed by atoms with E-state index < -0.39 is 69.8 Å². The number of anilines is 2. The lowest BCUT2D eigenvalue weighted by atomic mass is 10.2. The number of rotatable bonds is 6. The van der Waals surface area contributed by atoms with Gasteiger partial charge in [0.15, 0.2) is 0 Å². The molecular formula is C24H27F6N3O5S. The van der Waals surface area contributed by atoms with Crippen molar-refractivity contribution in [3.63, 3.8) is 0 Å². The Morgan fingerprint density at radius 2 is 1.77 bits per heavy atom. The van der Waals surface area contributed by atoms with Gasteiger partial charge in [-0.3, -0.25) is 9.62 Å². The first-order chi connectivity index (χ1) is 17.8. The first-order valence-corrected chi connectivity index (χ1v) is 13.0. The molecule has 0 bridgehead atoms. The van der Waals surface area contributed by atoms with Crippen molar-refractivity contribution in [2.45, 2.75) is 62.7 Å². The van der Waals surface area contributed by atoms with E-state index in [2.05, 4.69) is 10.6 Å². The normalized spacial score (nSPS) is 17.2. The van der Waals surface area contributed by atoms with Crippen LogP contribution in [0.4, 0.5) is 42.5 Å². The second-order valence-electron chi connectivity index (χ2n) is 9.78. The molecule has 1 aliphatic heterocycles. The molecular weight excluding hydrogens is 556 g/mol. The highest BCUT2D eigenvalue weighted by molar-refractivity contribution is 7.92. The van der Waals surface area contributed by atoms with Crippen molar-refractivity contribution < 1.29 is 49.0 Å². The van der Waals surface area contributed by atoms with Crippen LogP contribution in [0.25, 0.3) is 0 Å². The predicted octanol–water partition coefficient (Wildman–Crippen LogP) is 5.55. The predicted molar refractivity (Wildman–Crippen MR) is 130 cm³/mol. The number of hydrogen-bond donors (Lipinski definition) is 2. The van der Waals surface area contributed by atoms with E-state index in [0.717, 1.165) is 23.4 Å². The molecule has 2 atom stereocenters. The smallest absolute Gasteiger partial charge is 0.416 e. The van der Waals surface area contributed by atoms with Crippen LogP contribution in [0.3, 0.4) is 0 Å². The van der Waals surface area contributed by atoms with E-state index in [0.29, 0.717) is 12.1 Å². The summed E-state index contributed by atoms with van der Waals surface area (Å²) in [6, 6.07) is 5.00. The van der Waals surface area contributed by atoms with Gasteiger partial charge in [-0.1, -0.05) is 6.07 Å². The van der Waals surface area contributed by atoms with Gasteiger partial charge >= 0.3 is 18.4 Å². The molecule has 0 radical (unpaired) electrons. The fraction of sp³-hybridized carbons (Fsp3) is 0.458. The van der Waals surface area contributed by atoms with Crippen LogP contribution in [-0.4, -0.2) is 51.5 Å². The van der Waals surface area contributed by atoms with Crippen LogP contribution in [-0.2, 0) is 20.9 Å². The van der Waals surface area contributed by atoms with E-state index in [1.165, 1.54) is 18.2 Å². The first-order valence-electron chi connectivity index (χ1n) is 11.6. The van der Waals surface area contributed by atoms with Crippen molar-refractivity contribution in [2.24, 2.45) is 0 Å². The number of ether oxygens (including phenoxy) is 2. The fourth-order valence-electron chi connectivity index (χ4n) is 3.53. The Kier molecular flexibility index (Phi) is 8.37. The van der Waals surface area contributed by atoms with Crippen molar-refractivity contribution >= 4 is 27.5 Å². The van der Waals surface area contributed by atoms with Crippen molar-refractivity contribution in [1.82, 2.24) is 5.32 Å². The molecule has 0 fully saturated rings. The number of alkyl halides is 6. The summed E-state index contributed by atoms with van der Waals surface area (Å²) in [5.41, 5.74) is -2.09. The maximum atomic E-state index is 13.6. The molecule has 1 aliphatic rings. The highest BCUT2D eigenvalue weighted by Gasteiger charge is 2.39. The second-order valence-corrected chi connectivity index (χ2v) is 11.6. The summed E-state index contributed by atoms with van der Waals surface area (Å²) in [4.78, 5) is 11.5. The third-order valence-corrected chi connectivity index (χ3v) is 7.20. The molecule has 1 heterocycles. The molecule has 3 rings (SSSR count). The number of nitrogens with zero attached hydrogens (tertiary/aromatic N) is 1. The number of carbonyl (C=O) groups is 1. The first kappa shape index (κ1) is 30.3. The van der Waals surface area contributed by atoms with Gasteiger partial charge in [-0.05, 0) is 64.1 Å². The summed E-state index contributed by atoms with van der Waals surface area (Å²) in [6.45, 7) is 4.81. The fourth-order valence-corrected chi connectivity index (χ4v) is 5.07. The van der Waals surface area contributed by atoms with Crippen LogP contribution < -0.4 is 19.7 Å². The minimum Gasteiger partial charge on any atom is -0.485 e. The maximum Gasteiger partial charge on any atom is 0.416 e. The topological polar surface area (TPSA) is 97.0 Å². The summed E-state index contributed by atoms with van der Waals surface area (Å²) in [5.74, 6) is -0.0713. The number of benzene rings is 2. The zero-order valence-corrected chi connectivity index (χ0v) is 22.1. The van der Waals surface area contributed by atoms with Gasteiger partial charge < -0.3 is 14.8 Å². The quantitative estimate of drug-likeness (QED) is 0.433. The highest BCUT2D eigenvalue weighted by atomic mass is 32.2. The number of carbonyl (C=O) groups excluding carboxylic acids is 1. The molecule has 2 N–H and O–H groups in total. The number of sulfonamides is 1. The molecule has 2 unspecified atom stereocenters. The molecule has 15 heteroatoms. The molecule has 2 aromatic rings. The van der Waals surface area contributed by atoms with Crippen molar-refractivity contribution in [1.29, 1.82) is 0 Å². The van der Waals surface area contributed by atoms with Gasteiger partial charge in [-0.15, -0.1) is 0 Å². The lowest BCUT2D eigenvalue weighted by Gasteiger charge is -2.36. The average Bonchev–Trinajstić information content (AvgIpc) is 2.79. The van der Waals surface area contributed by atoms with E-state index in [-0.39, 0.29) is 17.1 Å². The van der Waals surface area contributed by atoms with Gasteiger partial charge in [0, 0.05) is 12.2 Å². The van der Waals surface area contributed by atoms with E-state index in [4.69, 9.17) is 9.47 Å². The number of halogens is 6. The zero-order valence-electron chi connectivity index (χ0n) is 21.3. The molecule has 8 nitrogen and oxygen atoms in total. The van der Waals surface area contributed by atoms with Gasteiger partial charge in [0.05, 0.1) is 22.7 Å². The molecule has 39 heavy (non-hydrogen) atoms. The highest BCUT2D eigenvalue weighted by Crippen LogP contribution is 2.40. The van der Waals surface area contributed by atoms with Crippen LogP contribution in [0, 0.1) is 0 Å². The van der Waals surface area contributed by atoms with Crippen LogP contribution in [0.15, 0.2) is 47.4 Å². The lowest BCUT2D eigenvalue weighted by molar-refractivity contribution is -0.152. The molecule has 0 spiro atoms. The number of amides is 1. The Labute approximate surface area is 221 Å². The Hall–Kier alpha value is -3.20. The minimum absolute atomic E-state index is 0.0713. The number of fused-ring (bicyclic) bond motifs is 1. The maximum absolute atomic E-state index is 13.6. The van der Waals surface area contributed by atoms with Gasteiger partial charge in [-0.2, -0.15) is 26.3 Å². The van der Waals surface area contributed by atoms with Crippen LogP contribution >= 0.6 is 0 Å². The Morgan fingerprint density at radius 1 is 1.10 bits per heavy atom. The summed E-state index contributed by atoms with van der Waals surface area (Å²) in [6.07, 6.45) is -11.4.